The molecule has 2 fully saturated rings. The van der Waals surface area contributed by atoms with Gasteiger partial charge in [0.05, 0.1) is 6.61 Å². The zero-order valence-corrected chi connectivity index (χ0v) is 13.4. The van der Waals surface area contributed by atoms with Crippen LogP contribution in [0.15, 0.2) is 0 Å². The maximum absolute atomic E-state index is 12.0. The van der Waals surface area contributed by atoms with Crippen molar-refractivity contribution in [3.05, 3.63) is 0 Å². The highest BCUT2D eigenvalue weighted by molar-refractivity contribution is 5.85. The first-order valence-corrected chi connectivity index (χ1v) is 7.70. The van der Waals surface area contributed by atoms with Crippen LogP contribution in [0, 0.1) is 11.3 Å². The molecule has 1 amide bonds. The third-order valence-corrected chi connectivity index (χ3v) is 4.72. The van der Waals surface area contributed by atoms with E-state index >= 15 is 0 Å². The van der Waals surface area contributed by atoms with E-state index in [2.05, 4.69) is 10.6 Å². The van der Waals surface area contributed by atoms with E-state index in [1.807, 2.05) is 0 Å². The second-order valence-corrected chi connectivity index (χ2v) is 6.31. The smallest absolute Gasteiger partial charge is 0.220 e. The summed E-state index contributed by atoms with van der Waals surface area (Å²) < 4.78 is 5.37. The Hall–Kier alpha value is -0.320. The minimum Gasteiger partial charge on any atom is -0.384 e. The van der Waals surface area contributed by atoms with Crippen LogP contribution < -0.4 is 10.6 Å². The van der Waals surface area contributed by atoms with Gasteiger partial charge in [-0.2, -0.15) is 0 Å². The fourth-order valence-electron chi connectivity index (χ4n) is 3.47. The van der Waals surface area contributed by atoms with Gasteiger partial charge in [-0.15, -0.1) is 12.4 Å². The summed E-state index contributed by atoms with van der Waals surface area (Å²) in [5, 5.41) is 6.53. The normalized spacial score (nSPS) is 22.2. The van der Waals surface area contributed by atoms with Crippen molar-refractivity contribution in [1.82, 2.24) is 10.6 Å². The summed E-state index contributed by atoms with van der Waals surface area (Å²) in [6, 6.07) is 0. The minimum absolute atomic E-state index is 0. The van der Waals surface area contributed by atoms with E-state index < -0.39 is 0 Å². The molecule has 0 bridgehead atoms. The summed E-state index contributed by atoms with van der Waals surface area (Å²) >= 11 is 0. The van der Waals surface area contributed by atoms with Crippen LogP contribution in [0.4, 0.5) is 0 Å². The fraction of sp³-hybridized carbons (Fsp3) is 0.933. The van der Waals surface area contributed by atoms with Gasteiger partial charge < -0.3 is 15.4 Å². The standard InChI is InChI=1S/C15H28N2O2.ClH/c1-19-12-15(6-8-16-9-7-15)11-17-14(18)10-13-4-2-3-5-13;/h13,16H,2-12H2,1H3,(H,17,18);1H. The Morgan fingerprint density at radius 2 is 1.95 bits per heavy atom. The second kappa shape index (κ2) is 8.85. The van der Waals surface area contributed by atoms with E-state index in [1.165, 1.54) is 25.7 Å². The van der Waals surface area contributed by atoms with Gasteiger partial charge in [0, 0.05) is 25.5 Å². The molecule has 2 rings (SSSR count). The van der Waals surface area contributed by atoms with E-state index in [-0.39, 0.29) is 23.7 Å². The monoisotopic (exact) mass is 304 g/mol. The number of rotatable bonds is 6. The molecule has 0 atom stereocenters. The number of carbonyl (C=O) groups excluding carboxylic acids is 1. The number of hydrogen-bond donors (Lipinski definition) is 2. The molecule has 118 valence electrons. The Morgan fingerprint density at radius 3 is 2.55 bits per heavy atom. The molecule has 1 aliphatic heterocycles. The number of nitrogens with one attached hydrogen (secondary N) is 2. The summed E-state index contributed by atoms with van der Waals surface area (Å²) in [5.41, 5.74) is 0.144. The number of methoxy groups -OCH3 is 1. The molecule has 0 unspecified atom stereocenters. The molecule has 1 heterocycles. The van der Waals surface area contributed by atoms with Crippen molar-refractivity contribution in [2.45, 2.75) is 44.9 Å². The van der Waals surface area contributed by atoms with Crippen molar-refractivity contribution in [3.63, 3.8) is 0 Å². The van der Waals surface area contributed by atoms with E-state index in [0.717, 1.165) is 45.5 Å². The number of amides is 1. The molecule has 0 spiro atoms. The predicted molar refractivity (Wildman–Crippen MR) is 83.2 cm³/mol. The van der Waals surface area contributed by atoms with Gasteiger partial charge in [0.2, 0.25) is 5.91 Å². The molecule has 0 aromatic heterocycles. The molecule has 1 saturated heterocycles. The highest BCUT2D eigenvalue weighted by Crippen LogP contribution is 2.29. The van der Waals surface area contributed by atoms with Crippen molar-refractivity contribution >= 4 is 18.3 Å². The molecule has 0 radical (unpaired) electrons. The van der Waals surface area contributed by atoms with Gasteiger partial charge in [0.1, 0.15) is 0 Å². The van der Waals surface area contributed by atoms with Crippen LogP contribution in [0.1, 0.15) is 44.9 Å². The minimum atomic E-state index is 0. The van der Waals surface area contributed by atoms with Crippen molar-refractivity contribution in [2.75, 3.05) is 33.4 Å². The summed E-state index contributed by atoms with van der Waals surface area (Å²) in [4.78, 5) is 12.0. The van der Waals surface area contributed by atoms with Gasteiger partial charge in [0.15, 0.2) is 0 Å². The van der Waals surface area contributed by atoms with E-state index in [9.17, 15) is 4.79 Å². The Balaban J connectivity index is 0.00000200. The zero-order valence-electron chi connectivity index (χ0n) is 12.6. The Morgan fingerprint density at radius 1 is 1.30 bits per heavy atom. The van der Waals surface area contributed by atoms with Crippen LogP contribution in [0.5, 0.6) is 0 Å². The number of hydrogen-bond acceptors (Lipinski definition) is 3. The van der Waals surface area contributed by atoms with Gasteiger partial charge in [-0.25, -0.2) is 0 Å². The SMILES string of the molecule is COCC1(CNC(=O)CC2CCCC2)CCNCC1.Cl. The first-order valence-electron chi connectivity index (χ1n) is 7.70. The number of ether oxygens (including phenoxy) is 1. The van der Waals surface area contributed by atoms with Crippen LogP contribution in [-0.4, -0.2) is 39.3 Å². The van der Waals surface area contributed by atoms with Gasteiger partial charge in [-0.05, 0) is 44.7 Å². The van der Waals surface area contributed by atoms with Crippen LogP contribution in [0.3, 0.4) is 0 Å². The van der Waals surface area contributed by atoms with Crippen molar-refractivity contribution < 1.29 is 9.53 Å². The van der Waals surface area contributed by atoms with Crippen LogP contribution >= 0.6 is 12.4 Å². The van der Waals surface area contributed by atoms with Crippen LogP contribution in [0.25, 0.3) is 0 Å². The van der Waals surface area contributed by atoms with Crippen molar-refractivity contribution in [3.8, 4) is 0 Å². The molecule has 0 aromatic carbocycles. The maximum atomic E-state index is 12.0. The topological polar surface area (TPSA) is 50.4 Å². The lowest BCUT2D eigenvalue weighted by Gasteiger charge is -2.37. The molecule has 0 aromatic rings. The Bertz CT molecular complexity index is 282. The largest absolute Gasteiger partial charge is 0.384 e. The number of carbonyl (C=O) groups is 1. The van der Waals surface area contributed by atoms with E-state index in [1.54, 1.807) is 7.11 Å². The van der Waals surface area contributed by atoms with Gasteiger partial charge in [-0.1, -0.05) is 12.8 Å². The van der Waals surface area contributed by atoms with Crippen LogP contribution in [-0.2, 0) is 9.53 Å². The molecule has 2 aliphatic rings. The van der Waals surface area contributed by atoms with Crippen molar-refractivity contribution in [1.29, 1.82) is 0 Å². The molecule has 20 heavy (non-hydrogen) atoms. The first kappa shape index (κ1) is 17.7. The summed E-state index contributed by atoms with van der Waals surface area (Å²) in [6.45, 7) is 3.58. The van der Waals surface area contributed by atoms with Gasteiger partial charge in [0.25, 0.3) is 0 Å². The lowest BCUT2D eigenvalue weighted by Crippen LogP contribution is -2.47. The predicted octanol–water partition coefficient (Wildman–Crippen LogP) is 2.12. The van der Waals surface area contributed by atoms with Crippen molar-refractivity contribution in [2.24, 2.45) is 11.3 Å². The Kier molecular flexibility index (Phi) is 7.85. The highest BCUT2D eigenvalue weighted by Gasteiger charge is 2.32. The molecule has 4 nitrogen and oxygen atoms in total. The molecule has 1 saturated carbocycles. The second-order valence-electron chi connectivity index (χ2n) is 6.31. The van der Waals surface area contributed by atoms with E-state index in [4.69, 9.17) is 4.74 Å². The molecule has 2 N–H and O–H groups in total. The summed E-state index contributed by atoms with van der Waals surface area (Å²) in [5.74, 6) is 0.868. The van der Waals surface area contributed by atoms with Gasteiger partial charge >= 0.3 is 0 Å². The number of halogens is 1. The summed E-state index contributed by atoms with van der Waals surface area (Å²) in [6.07, 6.45) is 7.98. The fourth-order valence-corrected chi connectivity index (χ4v) is 3.47. The molecular formula is C15H29ClN2O2. The highest BCUT2D eigenvalue weighted by atomic mass is 35.5. The first-order chi connectivity index (χ1) is 9.24. The quantitative estimate of drug-likeness (QED) is 0.790. The van der Waals surface area contributed by atoms with Gasteiger partial charge in [-0.3, -0.25) is 4.79 Å². The zero-order chi connectivity index (χ0) is 13.6. The average molecular weight is 305 g/mol. The third kappa shape index (κ3) is 5.23. The third-order valence-electron chi connectivity index (χ3n) is 4.72. The lowest BCUT2D eigenvalue weighted by molar-refractivity contribution is -0.122. The van der Waals surface area contributed by atoms with E-state index in [0.29, 0.717) is 5.92 Å². The molecular weight excluding hydrogens is 276 g/mol. The average Bonchev–Trinajstić information content (AvgIpc) is 2.91. The summed E-state index contributed by atoms with van der Waals surface area (Å²) in [7, 11) is 1.75. The number of piperidine rings is 1. The molecule has 5 heteroatoms. The lowest BCUT2D eigenvalue weighted by atomic mass is 9.79. The van der Waals surface area contributed by atoms with Crippen LogP contribution in [0.2, 0.25) is 0 Å². The molecule has 1 aliphatic carbocycles. The Labute approximate surface area is 128 Å². The maximum Gasteiger partial charge on any atom is 0.220 e.